The van der Waals surface area contributed by atoms with Crippen LogP contribution in [0.5, 0.6) is 5.75 Å². The van der Waals surface area contributed by atoms with E-state index in [1.54, 1.807) is 19.2 Å². The van der Waals surface area contributed by atoms with Crippen molar-refractivity contribution < 1.29 is 19.1 Å². The molecule has 1 rings (SSSR count). The number of ether oxygens (including phenoxy) is 2. The van der Waals surface area contributed by atoms with E-state index in [9.17, 15) is 4.79 Å². The molecular formula is C16H21N3O4. The Kier molecular flexibility index (Phi) is 7.45. The van der Waals surface area contributed by atoms with Crippen molar-refractivity contribution in [2.45, 2.75) is 20.8 Å². The summed E-state index contributed by atoms with van der Waals surface area (Å²) in [5, 5.41) is 4.04. The van der Waals surface area contributed by atoms with Gasteiger partial charge in [0.25, 0.3) is 0 Å². The quantitative estimate of drug-likeness (QED) is 0.253. The van der Waals surface area contributed by atoms with Crippen molar-refractivity contribution in [3.05, 3.63) is 30.3 Å². The van der Waals surface area contributed by atoms with Gasteiger partial charge in [0.15, 0.2) is 5.75 Å². The maximum absolute atomic E-state index is 11.9. The maximum Gasteiger partial charge on any atom is 0.341 e. The summed E-state index contributed by atoms with van der Waals surface area (Å²) in [6.45, 7) is 6.25. The molecule has 0 spiro atoms. The maximum atomic E-state index is 11.9. The lowest BCUT2D eigenvalue weighted by Gasteiger charge is -2.09. The van der Waals surface area contributed by atoms with Gasteiger partial charge in [-0.2, -0.15) is 0 Å². The predicted octanol–water partition coefficient (Wildman–Crippen LogP) is 2.48. The molecule has 0 aromatic carbocycles. The Hall–Kier alpha value is -2.70. The van der Waals surface area contributed by atoms with Crippen LogP contribution in [0.15, 0.2) is 34.9 Å². The Labute approximate surface area is 135 Å². The van der Waals surface area contributed by atoms with Gasteiger partial charge in [0.1, 0.15) is 5.57 Å². The zero-order valence-corrected chi connectivity index (χ0v) is 14.0. The second-order valence-corrected chi connectivity index (χ2v) is 4.46. The van der Waals surface area contributed by atoms with Gasteiger partial charge in [0.05, 0.1) is 37.5 Å². The minimum Gasteiger partial charge on any atom is -0.503 e. The van der Waals surface area contributed by atoms with Crippen molar-refractivity contribution in [2.75, 3.05) is 20.8 Å². The highest BCUT2D eigenvalue weighted by molar-refractivity contribution is 6.40. The van der Waals surface area contributed by atoms with Gasteiger partial charge >= 0.3 is 5.97 Å². The molecule has 0 aliphatic rings. The molecule has 0 atom stereocenters. The molecule has 23 heavy (non-hydrogen) atoms. The number of carbonyl (C=O) groups is 1. The Bertz CT molecular complexity index is 636. The molecule has 0 aliphatic heterocycles. The molecule has 0 saturated heterocycles. The number of hydrogen-bond donors (Lipinski definition) is 0. The summed E-state index contributed by atoms with van der Waals surface area (Å²) in [6, 6.07) is 1.60. The third-order valence-electron chi connectivity index (χ3n) is 2.91. The van der Waals surface area contributed by atoms with Crippen molar-refractivity contribution >= 4 is 23.0 Å². The van der Waals surface area contributed by atoms with Crippen LogP contribution in [-0.4, -0.2) is 43.1 Å². The summed E-state index contributed by atoms with van der Waals surface area (Å²) in [7, 11) is 2.72. The first kappa shape index (κ1) is 18.3. The number of oxime groups is 1. The van der Waals surface area contributed by atoms with E-state index < -0.39 is 5.97 Å². The first-order chi connectivity index (χ1) is 11.0. The van der Waals surface area contributed by atoms with Crippen LogP contribution in [0.25, 0.3) is 5.57 Å². The second-order valence-electron chi connectivity index (χ2n) is 4.46. The smallest absolute Gasteiger partial charge is 0.341 e. The molecule has 0 fully saturated rings. The molecule has 0 N–H and O–H groups in total. The van der Waals surface area contributed by atoms with Crippen LogP contribution in [0.1, 0.15) is 26.3 Å². The van der Waals surface area contributed by atoms with Crippen molar-refractivity contribution in [1.29, 1.82) is 0 Å². The van der Waals surface area contributed by atoms with E-state index in [2.05, 4.69) is 15.1 Å². The first-order valence-electron chi connectivity index (χ1n) is 7.03. The molecule has 1 heterocycles. The van der Waals surface area contributed by atoms with Crippen LogP contribution < -0.4 is 4.84 Å². The monoisotopic (exact) mass is 319 g/mol. The zero-order chi connectivity index (χ0) is 17.2. The van der Waals surface area contributed by atoms with Crippen molar-refractivity contribution in [3.8, 4) is 5.75 Å². The third-order valence-corrected chi connectivity index (χ3v) is 2.91. The van der Waals surface area contributed by atoms with Crippen LogP contribution >= 0.6 is 0 Å². The van der Waals surface area contributed by atoms with Crippen molar-refractivity contribution in [3.63, 3.8) is 0 Å². The van der Waals surface area contributed by atoms with Gasteiger partial charge in [-0.1, -0.05) is 5.16 Å². The molecule has 124 valence electrons. The van der Waals surface area contributed by atoms with E-state index in [1.807, 2.05) is 13.8 Å². The van der Waals surface area contributed by atoms with Gasteiger partial charge in [-0.15, -0.1) is 0 Å². The lowest BCUT2D eigenvalue weighted by Crippen LogP contribution is -2.09. The minimum atomic E-state index is -0.561. The van der Waals surface area contributed by atoms with Gasteiger partial charge in [-0.05, 0) is 20.8 Å². The molecule has 1 aromatic rings. The van der Waals surface area contributed by atoms with E-state index in [1.165, 1.54) is 26.7 Å². The number of aromatic nitrogens is 1. The van der Waals surface area contributed by atoms with E-state index in [4.69, 9.17) is 14.3 Å². The Balaban J connectivity index is 3.15. The van der Waals surface area contributed by atoms with Crippen LogP contribution in [-0.2, 0) is 14.3 Å². The van der Waals surface area contributed by atoms with Crippen LogP contribution in [0.2, 0.25) is 0 Å². The molecule has 7 heteroatoms. The van der Waals surface area contributed by atoms with Crippen molar-refractivity contribution in [2.24, 2.45) is 10.1 Å². The van der Waals surface area contributed by atoms with E-state index in [-0.39, 0.29) is 5.57 Å². The lowest BCUT2D eigenvalue weighted by atomic mass is 10.1. The largest absolute Gasteiger partial charge is 0.503 e. The fraction of sp³-hybridized carbons (Fsp3) is 0.375. The topological polar surface area (TPSA) is 82.4 Å². The molecule has 0 bridgehead atoms. The number of pyridine rings is 1. The summed E-state index contributed by atoms with van der Waals surface area (Å²) in [5.41, 5.74) is 2.03. The number of hydrogen-bond acceptors (Lipinski definition) is 7. The summed E-state index contributed by atoms with van der Waals surface area (Å²) in [6.07, 6.45) is 4.30. The van der Waals surface area contributed by atoms with Gasteiger partial charge in [0, 0.05) is 25.0 Å². The Morgan fingerprint density at radius 3 is 2.65 bits per heavy atom. The number of methoxy groups -OCH3 is 2. The van der Waals surface area contributed by atoms with Gasteiger partial charge in [0.2, 0.25) is 0 Å². The van der Waals surface area contributed by atoms with Crippen LogP contribution in [0, 0.1) is 0 Å². The number of nitrogens with zero attached hydrogens (tertiary/aromatic N) is 3. The van der Waals surface area contributed by atoms with E-state index in [0.717, 1.165) is 5.71 Å². The lowest BCUT2D eigenvalue weighted by molar-refractivity contribution is -0.133. The Morgan fingerprint density at radius 1 is 1.30 bits per heavy atom. The number of carbonyl (C=O) groups excluding carboxylic acids is 1. The summed E-state index contributed by atoms with van der Waals surface area (Å²) in [5.74, 6) is -0.202. The van der Waals surface area contributed by atoms with Gasteiger partial charge in [-0.25, -0.2) is 4.79 Å². The summed E-state index contributed by atoms with van der Waals surface area (Å²) >= 11 is 0. The average molecular weight is 319 g/mol. The first-order valence-corrected chi connectivity index (χ1v) is 7.03. The van der Waals surface area contributed by atoms with Crippen molar-refractivity contribution in [1.82, 2.24) is 4.98 Å². The summed E-state index contributed by atoms with van der Waals surface area (Å²) in [4.78, 5) is 25.6. The highest BCUT2D eigenvalue weighted by Gasteiger charge is 2.18. The molecule has 0 aliphatic carbocycles. The molecule has 0 saturated carbocycles. The van der Waals surface area contributed by atoms with Crippen LogP contribution in [0.3, 0.4) is 0 Å². The zero-order valence-electron chi connectivity index (χ0n) is 14.0. The molecule has 0 radical (unpaired) electrons. The summed E-state index contributed by atoms with van der Waals surface area (Å²) < 4.78 is 9.68. The van der Waals surface area contributed by atoms with E-state index >= 15 is 0 Å². The number of esters is 1. The molecule has 0 amide bonds. The van der Waals surface area contributed by atoms with E-state index in [0.29, 0.717) is 23.6 Å². The molecule has 0 unspecified atom stereocenters. The second kappa shape index (κ2) is 9.34. The van der Waals surface area contributed by atoms with Gasteiger partial charge in [-0.3, -0.25) is 9.98 Å². The minimum absolute atomic E-state index is 0.185. The fourth-order valence-electron chi connectivity index (χ4n) is 1.65. The number of aliphatic imine (C=N–C) groups is 1. The molecule has 1 aromatic heterocycles. The highest BCUT2D eigenvalue weighted by Crippen LogP contribution is 2.26. The predicted molar refractivity (Wildman–Crippen MR) is 88.6 cm³/mol. The third kappa shape index (κ3) is 5.21. The Morgan fingerprint density at radius 2 is 2.04 bits per heavy atom. The highest BCUT2D eigenvalue weighted by atomic mass is 16.6. The fourth-order valence-corrected chi connectivity index (χ4v) is 1.65. The van der Waals surface area contributed by atoms with Crippen LogP contribution in [0.4, 0.5) is 0 Å². The molecule has 7 nitrogen and oxygen atoms in total. The SMILES string of the molecule is CCN=C(C)/C(C)=N/Oc1ccncc1/C(=C\OC)C(=O)OC. The normalized spacial score (nSPS) is 12.8. The average Bonchev–Trinajstić information content (AvgIpc) is 2.57. The molecular weight excluding hydrogens is 298 g/mol. The van der Waals surface area contributed by atoms with Gasteiger partial charge < -0.3 is 14.3 Å². The standard InChI is InChI=1S/C16H21N3O4/c1-6-18-11(2)12(3)19-23-15-7-8-17-9-13(15)14(10-21-4)16(20)22-5/h7-10H,6H2,1-5H3/b14-10+,18-11?,19-12+. The number of rotatable bonds is 7.